The number of likely N-dealkylation sites (tertiary alicyclic amines) is 1. The van der Waals surface area contributed by atoms with Crippen LogP contribution in [0.2, 0.25) is 0 Å². The van der Waals surface area contributed by atoms with Crippen LogP contribution in [0.1, 0.15) is 40.0 Å². The highest BCUT2D eigenvalue weighted by Crippen LogP contribution is 2.23. The van der Waals surface area contributed by atoms with Gasteiger partial charge in [0.25, 0.3) is 0 Å². The van der Waals surface area contributed by atoms with Crippen molar-refractivity contribution in [3.05, 3.63) is 12.7 Å². The van der Waals surface area contributed by atoms with Crippen LogP contribution in [0.15, 0.2) is 12.7 Å². The maximum absolute atomic E-state index is 12.0. The lowest BCUT2D eigenvalue weighted by atomic mass is 10.1. The number of hydrogen-bond donors (Lipinski definition) is 0. The predicted molar refractivity (Wildman–Crippen MR) is 71.7 cm³/mol. The third kappa shape index (κ3) is 5.32. The maximum atomic E-state index is 12.0. The summed E-state index contributed by atoms with van der Waals surface area (Å²) in [6.45, 7) is 9.81. The van der Waals surface area contributed by atoms with Crippen molar-refractivity contribution < 1.29 is 19.1 Å². The van der Waals surface area contributed by atoms with E-state index in [0.29, 0.717) is 6.54 Å². The molecule has 1 aliphatic heterocycles. The zero-order chi connectivity index (χ0) is 14.5. The van der Waals surface area contributed by atoms with E-state index < -0.39 is 5.60 Å². The quantitative estimate of drug-likeness (QED) is 0.581. The Morgan fingerprint density at radius 1 is 1.42 bits per heavy atom. The topological polar surface area (TPSA) is 55.8 Å². The van der Waals surface area contributed by atoms with Crippen LogP contribution in [-0.2, 0) is 14.3 Å². The summed E-state index contributed by atoms with van der Waals surface area (Å²) in [4.78, 5) is 25.2. The Hall–Kier alpha value is -1.52. The molecule has 0 aromatic heterocycles. The lowest BCUT2D eigenvalue weighted by Gasteiger charge is -2.28. The van der Waals surface area contributed by atoms with Gasteiger partial charge < -0.3 is 14.4 Å². The molecule has 108 valence electrons. The molecule has 1 fully saturated rings. The minimum atomic E-state index is -0.520. The Labute approximate surface area is 114 Å². The molecular weight excluding hydrogens is 246 g/mol. The van der Waals surface area contributed by atoms with E-state index in [0.717, 1.165) is 12.8 Å². The molecule has 0 aliphatic carbocycles. The molecule has 1 heterocycles. The number of esters is 1. The van der Waals surface area contributed by atoms with Crippen molar-refractivity contribution >= 4 is 12.1 Å². The SMILES string of the molecule is C=CCOC(=O)CC1CCCN1C(=O)OC(C)(C)C. The lowest BCUT2D eigenvalue weighted by molar-refractivity contribution is -0.143. The second kappa shape index (κ2) is 6.59. The van der Waals surface area contributed by atoms with Gasteiger partial charge in [0.05, 0.1) is 6.42 Å². The number of carbonyl (C=O) groups excluding carboxylic acids is 2. The second-order valence-corrected chi connectivity index (χ2v) is 5.65. The zero-order valence-corrected chi connectivity index (χ0v) is 12.0. The Morgan fingerprint density at radius 2 is 2.11 bits per heavy atom. The van der Waals surface area contributed by atoms with E-state index in [1.165, 1.54) is 6.08 Å². The van der Waals surface area contributed by atoms with Gasteiger partial charge >= 0.3 is 12.1 Å². The van der Waals surface area contributed by atoms with Gasteiger partial charge in [-0.05, 0) is 33.6 Å². The highest BCUT2D eigenvalue weighted by Gasteiger charge is 2.33. The fraction of sp³-hybridized carbons (Fsp3) is 0.714. The molecule has 0 radical (unpaired) electrons. The molecule has 5 nitrogen and oxygen atoms in total. The van der Waals surface area contributed by atoms with Crippen molar-refractivity contribution in [1.29, 1.82) is 0 Å². The third-order valence-corrected chi connectivity index (χ3v) is 2.77. The van der Waals surface area contributed by atoms with Gasteiger partial charge in [0.1, 0.15) is 12.2 Å². The predicted octanol–water partition coefficient (Wildman–Crippen LogP) is 2.51. The van der Waals surface area contributed by atoms with E-state index in [1.54, 1.807) is 4.90 Å². The second-order valence-electron chi connectivity index (χ2n) is 5.65. The Bertz CT molecular complexity index is 346. The lowest BCUT2D eigenvalue weighted by Crippen LogP contribution is -2.40. The molecular formula is C14H23NO4. The zero-order valence-electron chi connectivity index (χ0n) is 12.0. The number of rotatable bonds is 4. The van der Waals surface area contributed by atoms with Crippen molar-refractivity contribution in [1.82, 2.24) is 4.90 Å². The highest BCUT2D eigenvalue weighted by molar-refractivity contribution is 5.73. The summed E-state index contributed by atoms with van der Waals surface area (Å²) >= 11 is 0. The average molecular weight is 269 g/mol. The normalized spacial score (nSPS) is 19.1. The van der Waals surface area contributed by atoms with Crippen LogP contribution in [0.5, 0.6) is 0 Å². The molecule has 1 unspecified atom stereocenters. The molecule has 5 heteroatoms. The number of ether oxygens (including phenoxy) is 2. The maximum Gasteiger partial charge on any atom is 0.410 e. The van der Waals surface area contributed by atoms with Gasteiger partial charge in [0.15, 0.2) is 0 Å². The molecule has 1 atom stereocenters. The molecule has 1 rings (SSSR count). The van der Waals surface area contributed by atoms with Crippen molar-refractivity contribution in [3.63, 3.8) is 0 Å². The molecule has 1 amide bonds. The van der Waals surface area contributed by atoms with E-state index in [4.69, 9.17) is 9.47 Å². The van der Waals surface area contributed by atoms with Gasteiger partial charge in [-0.25, -0.2) is 4.79 Å². The fourth-order valence-electron chi connectivity index (χ4n) is 2.01. The average Bonchev–Trinajstić information content (AvgIpc) is 2.72. The summed E-state index contributed by atoms with van der Waals surface area (Å²) in [7, 11) is 0. The molecule has 1 aliphatic rings. The van der Waals surface area contributed by atoms with E-state index in [1.807, 2.05) is 20.8 Å². The number of amides is 1. The number of carbonyl (C=O) groups is 2. The van der Waals surface area contributed by atoms with Gasteiger partial charge in [0.2, 0.25) is 0 Å². The van der Waals surface area contributed by atoms with Crippen LogP contribution >= 0.6 is 0 Å². The van der Waals surface area contributed by atoms with Crippen LogP contribution in [0, 0.1) is 0 Å². The van der Waals surface area contributed by atoms with E-state index in [9.17, 15) is 9.59 Å². The van der Waals surface area contributed by atoms with E-state index >= 15 is 0 Å². The molecule has 0 saturated carbocycles. The minimum absolute atomic E-state index is 0.118. The van der Waals surface area contributed by atoms with Crippen LogP contribution in [0.3, 0.4) is 0 Å². The Kier molecular flexibility index (Phi) is 5.39. The first kappa shape index (κ1) is 15.5. The van der Waals surface area contributed by atoms with E-state index in [2.05, 4.69) is 6.58 Å². The largest absolute Gasteiger partial charge is 0.461 e. The minimum Gasteiger partial charge on any atom is -0.461 e. The molecule has 0 bridgehead atoms. The Balaban J connectivity index is 2.51. The summed E-state index contributed by atoms with van der Waals surface area (Å²) in [6.07, 6.45) is 3.08. The molecule has 1 saturated heterocycles. The summed E-state index contributed by atoms with van der Waals surface area (Å²) in [5, 5.41) is 0. The van der Waals surface area contributed by atoms with Gasteiger partial charge in [-0.3, -0.25) is 4.79 Å². The van der Waals surface area contributed by atoms with Crippen molar-refractivity contribution in [3.8, 4) is 0 Å². The van der Waals surface area contributed by atoms with Crippen LogP contribution in [-0.4, -0.2) is 41.8 Å². The fourth-order valence-corrected chi connectivity index (χ4v) is 2.01. The summed E-state index contributed by atoms with van der Waals surface area (Å²) < 4.78 is 10.3. The van der Waals surface area contributed by atoms with Crippen molar-refractivity contribution in [2.75, 3.05) is 13.2 Å². The molecule has 19 heavy (non-hydrogen) atoms. The van der Waals surface area contributed by atoms with E-state index in [-0.39, 0.29) is 31.1 Å². The van der Waals surface area contributed by atoms with Gasteiger partial charge in [-0.15, -0.1) is 0 Å². The van der Waals surface area contributed by atoms with Gasteiger partial charge in [-0.1, -0.05) is 12.7 Å². The summed E-state index contributed by atoms with van der Waals surface area (Å²) in [5.41, 5.74) is -0.520. The summed E-state index contributed by atoms with van der Waals surface area (Å²) in [6, 6.07) is -0.118. The first-order chi connectivity index (χ1) is 8.83. The van der Waals surface area contributed by atoms with Crippen LogP contribution in [0.4, 0.5) is 4.79 Å². The van der Waals surface area contributed by atoms with Crippen LogP contribution < -0.4 is 0 Å². The highest BCUT2D eigenvalue weighted by atomic mass is 16.6. The van der Waals surface area contributed by atoms with Crippen molar-refractivity contribution in [2.24, 2.45) is 0 Å². The number of nitrogens with zero attached hydrogens (tertiary/aromatic N) is 1. The van der Waals surface area contributed by atoms with Crippen LogP contribution in [0.25, 0.3) is 0 Å². The number of hydrogen-bond acceptors (Lipinski definition) is 4. The molecule has 0 N–H and O–H groups in total. The third-order valence-electron chi connectivity index (χ3n) is 2.77. The molecule has 0 aromatic carbocycles. The van der Waals surface area contributed by atoms with Gasteiger partial charge in [0, 0.05) is 12.6 Å². The van der Waals surface area contributed by atoms with Gasteiger partial charge in [-0.2, -0.15) is 0 Å². The monoisotopic (exact) mass is 269 g/mol. The first-order valence-corrected chi connectivity index (χ1v) is 6.59. The smallest absolute Gasteiger partial charge is 0.410 e. The van der Waals surface area contributed by atoms with Crippen molar-refractivity contribution in [2.45, 2.75) is 51.7 Å². The molecule has 0 aromatic rings. The Morgan fingerprint density at radius 3 is 2.68 bits per heavy atom. The first-order valence-electron chi connectivity index (χ1n) is 6.59. The molecule has 0 spiro atoms. The standard InChI is InChI=1S/C14H23NO4/c1-5-9-18-12(16)10-11-7-6-8-15(11)13(17)19-14(2,3)4/h5,11H,1,6-10H2,2-4H3. The summed E-state index contributed by atoms with van der Waals surface area (Å²) in [5.74, 6) is -0.305.